The van der Waals surface area contributed by atoms with Gasteiger partial charge in [-0.05, 0) is 38.1 Å². The summed E-state index contributed by atoms with van der Waals surface area (Å²) in [5, 5.41) is 2.96. The fourth-order valence-corrected chi connectivity index (χ4v) is 3.69. The van der Waals surface area contributed by atoms with Gasteiger partial charge in [0.2, 0.25) is 0 Å². The molecule has 29 heavy (non-hydrogen) atoms. The van der Waals surface area contributed by atoms with E-state index in [-0.39, 0.29) is 17.7 Å². The van der Waals surface area contributed by atoms with Gasteiger partial charge in [-0.25, -0.2) is 0 Å². The number of para-hydroxylation sites is 1. The van der Waals surface area contributed by atoms with E-state index in [4.69, 9.17) is 4.74 Å². The molecule has 154 valence electrons. The van der Waals surface area contributed by atoms with Gasteiger partial charge in [0.05, 0.1) is 0 Å². The van der Waals surface area contributed by atoms with Gasteiger partial charge in [-0.3, -0.25) is 9.59 Å². The fraction of sp³-hybridized carbons (Fsp3) is 0.391. The molecule has 0 aromatic heterocycles. The smallest absolute Gasteiger partial charge is 0.282 e. The molecule has 1 atom stereocenters. The standard InChI is InChI=1S/C23H29N3O3/c1-18(23(28)24-21-8-6-7-20(17-21)19(2)27)26-13-11-25(12-14-26)15-16-29-22-9-4-3-5-10-22/h3-10,17-18H,11-16H2,1-2H3,(H,24,28)/p+2/t18-/m1/s1. The van der Waals surface area contributed by atoms with Crippen molar-refractivity contribution in [1.29, 1.82) is 0 Å². The van der Waals surface area contributed by atoms with E-state index in [1.807, 2.05) is 43.3 Å². The molecule has 6 nitrogen and oxygen atoms in total. The highest BCUT2D eigenvalue weighted by molar-refractivity contribution is 5.97. The van der Waals surface area contributed by atoms with Crippen molar-refractivity contribution >= 4 is 17.4 Å². The predicted molar refractivity (Wildman–Crippen MR) is 113 cm³/mol. The second-order valence-electron chi connectivity index (χ2n) is 7.67. The van der Waals surface area contributed by atoms with E-state index < -0.39 is 0 Å². The lowest BCUT2D eigenvalue weighted by Gasteiger charge is -2.32. The Kier molecular flexibility index (Phi) is 7.38. The number of piperazine rings is 1. The zero-order valence-corrected chi connectivity index (χ0v) is 17.2. The Hall–Kier alpha value is -2.70. The maximum atomic E-state index is 12.7. The van der Waals surface area contributed by atoms with E-state index in [2.05, 4.69) is 5.32 Å². The third kappa shape index (κ3) is 6.14. The molecule has 2 aromatic rings. The van der Waals surface area contributed by atoms with Crippen LogP contribution in [0, 0.1) is 0 Å². The van der Waals surface area contributed by atoms with E-state index >= 15 is 0 Å². The molecule has 1 amide bonds. The van der Waals surface area contributed by atoms with Crippen molar-refractivity contribution in [2.75, 3.05) is 44.6 Å². The molecule has 0 bridgehead atoms. The Morgan fingerprint density at radius 2 is 1.76 bits per heavy atom. The Morgan fingerprint density at radius 1 is 1.03 bits per heavy atom. The lowest BCUT2D eigenvalue weighted by Crippen LogP contribution is -3.30. The number of rotatable bonds is 8. The number of ether oxygens (including phenoxy) is 1. The summed E-state index contributed by atoms with van der Waals surface area (Å²) in [6.07, 6.45) is 0. The number of benzene rings is 2. The molecule has 1 aliphatic heterocycles. The molecule has 0 aliphatic carbocycles. The van der Waals surface area contributed by atoms with Gasteiger partial charge >= 0.3 is 0 Å². The SMILES string of the molecule is CC(=O)c1cccc(NC(=O)[C@@H](C)[NH+]2CC[NH+](CCOc3ccccc3)CC2)c1. The molecule has 1 fully saturated rings. The minimum Gasteiger partial charge on any atom is -0.488 e. The van der Waals surface area contributed by atoms with Gasteiger partial charge in [0.1, 0.15) is 45.1 Å². The molecule has 3 N–H and O–H groups in total. The monoisotopic (exact) mass is 397 g/mol. The summed E-state index contributed by atoms with van der Waals surface area (Å²) >= 11 is 0. The van der Waals surface area contributed by atoms with E-state index in [1.54, 1.807) is 18.2 Å². The zero-order valence-electron chi connectivity index (χ0n) is 17.2. The first kappa shape index (κ1) is 21.0. The predicted octanol–water partition coefficient (Wildman–Crippen LogP) is 0.0786. The number of hydrogen-bond donors (Lipinski definition) is 3. The molecule has 0 spiro atoms. The first-order valence-electron chi connectivity index (χ1n) is 10.3. The Bertz CT molecular complexity index is 817. The number of carbonyl (C=O) groups excluding carboxylic acids is 2. The molecule has 3 rings (SSSR count). The molecular formula is C23H31N3O3+2. The Morgan fingerprint density at radius 3 is 2.45 bits per heavy atom. The van der Waals surface area contributed by atoms with E-state index in [0.717, 1.165) is 38.5 Å². The maximum Gasteiger partial charge on any atom is 0.282 e. The fourth-order valence-electron chi connectivity index (χ4n) is 3.69. The number of nitrogens with one attached hydrogen (secondary N) is 3. The van der Waals surface area contributed by atoms with Crippen LogP contribution >= 0.6 is 0 Å². The van der Waals surface area contributed by atoms with Gasteiger partial charge in [-0.1, -0.05) is 30.3 Å². The number of carbonyl (C=O) groups is 2. The van der Waals surface area contributed by atoms with Crippen LogP contribution in [0.5, 0.6) is 5.75 Å². The van der Waals surface area contributed by atoms with Gasteiger partial charge in [0.15, 0.2) is 11.8 Å². The number of amides is 1. The zero-order chi connectivity index (χ0) is 20.6. The largest absolute Gasteiger partial charge is 0.488 e. The minimum atomic E-state index is -0.127. The van der Waals surface area contributed by atoms with E-state index in [0.29, 0.717) is 17.9 Å². The number of hydrogen-bond acceptors (Lipinski definition) is 3. The van der Waals surface area contributed by atoms with Crippen molar-refractivity contribution in [3.05, 3.63) is 60.2 Å². The topological polar surface area (TPSA) is 64.3 Å². The van der Waals surface area contributed by atoms with Gasteiger partial charge in [-0.2, -0.15) is 0 Å². The molecule has 1 aliphatic rings. The van der Waals surface area contributed by atoms with Crippen molar-refractivity contribution in [1.82, 2.24) is 0 Å². The summed E-state index contributed by atoms with van der Waals surface area (Å²) in [6, 6.07) is 16.9. The molecule has 0 saturated carbocycles. The van der Waals surface area contributed by atoms with Crippen molar-refractivity contribution in [2.24, 2.45) is 0 Å². The maximum absolute atomic E-state index is 12.7. The van der Waals surface area contributed by atoms with Crippen LogP contribution in [0.2, 0.25) is 0 Å². The van der Waals surface area contributed by atoms with Crippen LogP contribution in [0.25, 0.3) is 0 Å². The molecule has 1 saturated heterocycles. The van der Waals surface area contributed by atoms with Gasteiger partial charge in [-0.15, -0.1) is 0 Å². The van der Waals surface area contributed by atoms with Crippen molar-refractivity contribution in [3.8, 4) is 5.75 Å². The van der Waals surface area contributed by atoms with Crippen LogP contribution in [0.4, 0.5) is 5.69 Å². The summed E-state index contributed by atoms with van der Waals surface area (Å²) in [6.45, 7) is 9.17. The van der Waals surface area contributed by atoms with Gasteiger partial charge < -0.3 is 19.9 Å². The molecule has 6 heteroatoms. The highest BCUT2D eigenvalue weighted by atomic mass is 16.5. The average Bonchev–Trinajstić information content (AvgIpc) is 2.74. The highest BCUT2D eigenvalue weighted by Gasteiger charge is 2.31. The van der Waals surface area contributed by atoms with Crippen LogP contribution in [-0.4, -0.2) is 57.1 Å². The molecule has 0 radical (unpaired) electrons. The summed E-state index contributed by atoms with van der Waals surface area (Å²) in [5.41, 5.74) is 1.29. The van der Waals surface area contributed by atoms with Gasteiger partial charge in [0.25, 0.3) is 5.91 Å². The minimum absolute atomic E-state index is 0.00318. The Labute approximate surface area is 172 Å². The van der Waals surface area contributed by atoms with Crippen LogP contribution < -0.4 is 19.9 Å². The number of anilines is 1. The molecule has 2 aromatic carbocycles. The lowest BCUT2D eigenvalue weighted by molar-refractivity contribution is -1.02. The normalized spacial score (nSPS) is 19.9. The molecule has 1 heterocycles. The third-order valence-corrected chi connectivity index (χ3v) is 5.61. The first-order chi connectivity index (χ1) is 14.0. The van der Waals surface area contributed by atoms with Gasteiger partial charge in [0, 0.05) is 11.3 Å². The van der Waals surface area contributed by atoms with Crippen LogP contribution in [-0.2, 0) is 4.79 Å². The summed E-state index contributed by atoms with van der Waals surface area (Å²) in [5.74, 6) is 0.905. The van der Waals surface area contributed by atoms with E-state index in [9.17, 15) is 9.59 Å². The molecular weight excluding hydrogens is 366 g/mol. The summed E-state index contributed by atoms with van der Waals surface area (Å²) in [7, 11) is 0. The number of quaternary nitrogens is 2. The number of ketones is 1. The summed E-state index contributed by atoms with van der Waals surface area (Å²) < 4.78 is 5.80. The van der Waals surface area contributed by atoms with Crippen LogP contribution in [0.1, 0.15) is 24.2 Å². The first-order valence-corrected chi connectivity index (χ1v) is 10.3. The second-order valence-corrected chi connectivity index (χ2v) is 7.67. The van der Waals surface area contributed by atoms with Crippen molar-refractivity contribution < 1.29 is 24.1 Å². The van der Waals surface area contributed by atoms with Crippen molar-refractivity contribution in [3.63, 3.8) is 0 Å². The summed E-state index contributed by atoms with van der Waals surface area (Å²) in [4.78, 5) is 27.0. The quantitative estimate of drug-likeness (QED) is 0.553. The second kappa shape index (κ2) is 10.2. The number of Topliss-reactive ketones (excluding diaryl/α,β-unsaturated/α-hetero) is 1. The lowest BCUT2D eigenvalue weighted by atomic mass is 10.1. The van der Waals surface area contributed by atoms with Crippen LogP contribution in [0.3, 0.4) is 0 Å². The average molecular weight is 398 g/mol. The highest BCUT2D eigenvalue weighted by Crippen LogP contribution is 2.11. The third-order valence-electron chi connectivity index (χ3n) is 5.61. The molecule has 0 unspecified atom stereocenters. The van der Waals surface area contributed by atoms with E-state index in [1.165, 1.54) is 16.7 Å². The Balaban J connectivity index is 1.42. The van der Waals surface area contributed by atoms with Crippen molar-refractivity contribution in [2.45, 2.75) is 19.9 Å². The van der Waals surface area contributed by atoms with Crippen LogP contribution in [0.15, 0.2) is 54.6 Å².